The van der Waals surface area contributed by atoms with E-state index in [1.54, 1.807) is 0 Å². The number of urea groups is 1. The van der Waals surface area contributed by atoms with Crippen LogP contribution in [-0.4, -0.2) is 23.8 Å². The molecule has 0 aromatic heterocycles. The van der Waals surface area contributed by atoms with E-state index >= 15 is 0 Å². The van der Waals surface area contributed by atoms with Crippen molar-refractivity contribution in [2.24, 2.45) is 5.73 Å². The molecular weight excluding hydrogens is 242 g/mol. The highest BCUT2D eigenvalue weighted by Gasteiger charge is 2.11. The molecule has 106 valence electrons. The largest absolute Gasteiger partial charge is 0.396 e. The number of amides is 2. The molecule has 2 amide bonds. The van der Waals surface area contributed by atoms with E-state index in [9.17, 15) is 4.79 Å². The molecule has 2 unspecified atom stereocenters. The van der Waals surface area contributed by atoms with Crippen LogP contribution in [0, 0.1) is 0 Å². The first-order valence-electron chi connectivity index (χ1n) is 6.60. The molecule has 0 saturated heterocycles. The minimum atomic E-state index is -0.562. The van der Waals surface area contributed by atoms with Gasteiger partial charge in [-0.1, -0.05) is 19.1 Å². The normalized spacial score (nSPS) is 13.8. The van der Waals surface area contributed by atoms with E-state index in [4.69, 9.17) is 10.8 Å². The zero-order chi connectivity index (χ0) is 14.3. The third-order valence-electron chi connectivity index (χ3n) is 3.13. The van der Waals surface area contributed by atoms with Crippen molar-refractivity contribution in [2.75, 3.05) is 11.9 Å². The highest BCUT2D eigenvalue weighted by Crippen LogP contribution is 2.17. The lowest BCUT2D eigenvalue weighted by molar-refractivity contribution is 0.257. The minimum absolute atomic E-state index is 0.194. The van der Waals surface area contributed by atoms with Gasteiger partial charge in [0.15, 0.2) is 0 Å². The Balaban J connectivity index is 2.61. The topological polar surface area (TPSA) is 87.4 Å². The molecule has 0 spiro atoms. The Morgan fingerprint density at radius 2 is 2.00 bits per heavy atom. The van der Waals surface area contributed by atoms with Gasteiger partial charge in [-0.3, -0.25) is 0 Å². The maximum Gasteiger partial charge on any atom is 0.316 e. The number of primary amides is 1. The summed E-state index contributed by atoms with van der Waals surface area (Å²) >= 11 is 0. The Bertz CT molecular complexity index is 392. The van der Waals surface area contributed by atoms with E-state index in [0.717, 1.165) is 18.4 Å². The van der Waals surface area contributed by atoms with Crippen LogP contribution in [0.5, 0.6) is 0 Å². The smallest absolute Gasteiger partial charge is 0.316 e. The fraction of sp³-hybridized carbons (Fsp3) is 0.500. The van der Waals surface area contributed by atoms with Crippen LogP contribution in [0.15, 0.2) is 24.3 Å². The van der Waals surface area contributed by atoms with Gasteiger partial charge in [0, 0.05) is 24.4 Å². The fourth-order valence-electron chi connectivity index (χ4n) is 2.01. The second-order valence-corrected chi connectivity index (χ2v) is 4.62. The summed E-state index contributed by atoms with van der Waals surface area (Å²) in [4.78, 5) is 10.7. The van der Waals surface area contributed by atoms with Crippen LogP contribution >= 0.6 is 0 Å². The molecule has 0 heterocycles. The van der Waals surface area contributed by atoms with Gasteiger partial charge < -0.3 is 21.5 Å². The lowest BCUT2D eigenvalue weighted by Gasteiger charge is -2.22. The van der Waals surface area contributed by atoms with Gasteiger partial charge in [0.25, 0.3) is 0 Å². The van der Waals surface area contributed by atoms with Crippen molar-refractivity contribution in [3.05, 3.63) is 29.8 Å². The standard InChI is InChI=1S/C14H23N3O2/c1-3-12(8-9-18)16-10(2)11-4-6-13(7-5-11)17-14(15)19/h4-7,10,12,16,18H,3,8-9H2,1-2H3,(H3,15,17,19). The maximum absolute atomic E-state index is 10.7. The zero-order valence-corrected chi connectivity index (χ0v) is 11.5. The molecule has 0 aliphatic heterocycles. The molecular formula is C14H23N3O2. The van der Waals surface area contributed by atoms with E-state index < -0.39 is 6.03 Å². The third-order valence-corrected chi connectivity index (χ3v) is 3.13. The van der Waals surface area contributed by atoms with Crippen molar-refractivity contribution in [1.29, 1.82) is 0 Å². The second-order valence-electron chi connectivity index (χ2n) is 4.62. The molecule has 0 bridgehead atoms. The second kappa shape index (κ2) is 7.76. The Labute approximate surface area is 114 Å². The van der Waals surface area contributed by atoms with Crippen LogP contribution in [0.3, 0.4) is 0 Å². The first-order valence-corrected chi connectivity index (χ1v) is 6.60. The van der Waals surface area contributed by atoms with E-state index in [0.29, 0.717) is 11.7 Å². The van der Waals surface area contributed by atoms with Crippen molar-refractivity contribution in [3.8, 4) is 0 Å². The van der Waals surface area contributed by atoms with Crippen molar-refractivity contribution in [1.82, 2.24) is 5.32 Å². The Kier molecular flexibility index (Phi) is 6.32. The molecule has 1 aromatic rings. The minimum Gasteiger partial charge on any atom is -0.396 e. The number of hydrogen-bond donors (Lipinski definition) is 4. The van der Waals surface area contributed by atoms with Crippen LogP contribution in [0.4, 0.5) is 10.5 Å². The van der Waals surface area contributed by atoms with E-state index in [1.807, 2.05) is 24.3 Å². The molecule has 5 heteroatoms. The van der Waals surface area contributed by atoms with Crippen molar-refractivity contribution in [3.63, 3.8) is 0 Å². The first kappa shape index (κ1) is 15.5. The van der Waals surface area contributed by atoms with E-state index in [-0.39, 0.29) is 12.6 Å². The van der Waals surface area contributed by atoms with Crippen LogP contribution in [0.1, 0.15) is 38.3 Å². The summed E-state index contributed by atoms with van der Waals surface area (Å²) in [6, 6.07) is 7.50. The number of aliphatic hydroxyl groups is 1. The molecule has 19 heavy (non-hydrogen) atoms. The predicted octanol–water partition coefficient (Wildman–Crippen LogP) is 1.99. The van der Waals surface area contributed by atoms with Gasteiger partial charge >= 0.3 is 6.03 Å². The third kappa shape index (κ3) is 5.28. The average molecular weight is 265 g/mol. The fourth-order valence-corrected chi connectivity index (χ4v) is 2.01. The average Bonchev–Trinajstić information content (AvgIpc) is 2.38. The molecule has 0 aliphatic rings. The van der Waals surface area contributed by atoms with Gasteiger partial charge in [-0.05, 0) is 37.5 Å². The van der Waals surface area contributed by atoms with Crippen LogP contribution in [0.2, 0.25) is 0 Å². The van der Waals surface area contributed by atoms with Crippen molar-refractivity contribution < 1.29 is 9.90 Å². The molecule has 0 radical (unpaired) electrons. The number of carbonyl (C=O) groups excluding carboxylic acids is 1. The molecule has 1 rings (SSSR count). The van der Waals surface area contributed by atoms with Gasteiger partial charge in [0.05, 0.1) is 0 Å². The highest BCUT2D eigenvalue weighted by atomic mass is 16.3. The lowest BCUT2D eigenvalue weighted by atomic mass is 10.0. The predicted molar refractivity (Wildman–Crippen MR) is 77.0 cm³/mol. The van der Waals surface area contributed by atoms with Crippen LogP contribution < -0.4 is 16.4 Å². The number of nitrogens with one attached hydrogen (secondary N) is 2. The van der Waals surface area contributed by atoms with Gasteiger partial charge in [-0.2, -0.15) is 0 Å². The number of rotatable bonds is 7. The molecule has 1 aromatic carbocycles. The number of benzene rings is 1. The van der Waals surface area contributed by atoms with Gasteiger partial charge in [0.1, 0.15) is 0 Å². The molecule has 2 atom stereocenters. The molecule has 5 N–H and O–H groups in total. The summed E-state index contributed by atoms with van der Waals surface area (Å²) in [6.45, 7) is 4.37. The SMILES string of the molecule is CCC(CCO)NC(C)c1ccc(NC(N)=O)cc1. The first-order chi connectivity index (χ1) is 9.06. The lowest BCUT2D eigenvalue weighted by Crippen LogP contribution is -2.31. The van der Waals surface area contributed by atoms with Gasteiger partial charge in [-0.25, -0.2) is 4.79 Å². The molecule has 5 nitrogen and oxygen atoms in total. The molecule has 0 aliphatic carbocycles. The quantitative estimate of drug-likeness (QED) is 0.608. The summed E-state index contributed by atoms with van der Waals surface area (Å²) in [5.74, 6) is 0. The number of anilines is 1. The van der Waals surface area contributed by atoms with Crippen LogP contribution in [-0.2, 0) is 0 Å². The monoisotopic (exact) mass is 265 g/mol. The summed E-state index contributed by atoms with van der Waals surface area (Å²) in [7, 11) is 0. The Morgan fingerprint density at radius 3 is 2.47 bits per heavy atom. The number of aliphatic hydroxyl groups excluding tert-OH is 1. The number of carbonyl (C=O) groups is 1. The Hall–Kier alpha value is -1.59. The van der Waals surface area contributed by atoms with Gasteiger partial charge in [-0.15, -0.1) is 0 Å². The zero-order valence-electron chi connectivity index (χ0n) is 11.5. The highest BCUT2D eigenvalue weighted by molar-refractivity contribution is 5.87. The molecule has 0 saturated carbocycles. The summed E-state index contributed by atoms with van der Waals surface area (Å²) in [6.07, 6.45) is 1.73. The summed E-state index contributed by atoms with van der Waals surface area (Å²) in [5, 5.41) is 15.0. The number of hydrogen-bond acceptors (Lipinski definition) is 3. The number of nitrogens with two attached hydrogens (primary N) is 1. The maximum atomic E-state index is 10.7. The van der Waals surface area contributed by atoms with E-state index in [2.05, 4.69) is 24.5 Å². The van der Waals surface area contributed by atoms with Crippen molar-refractivity contribution in [2.45, 2.75) is 38.8 Å². The summed E-state index contributed by atoms with van der Waals surface area (Å²) in [5.41, 5.74) is 6.87. The van der Waals surface area contributed by atoms with E-state index in [1.165, 1.54) is 0 Å². The van der Waals surface area contributed by atoms with Gasteiger partial charge in [0.2, 0.25) is 0 Å². The Morgan fingerprint density at radius 1 is 1.37 bits per heavy atom. The van der Waals surface area contributed by atoms with Crippen LogP contribution in [0.25, 0.3) is 0 Å². The van der Waals surface area contributed by atoms with Crippen molar-refractivity contribution >= 4 is 11.7 Å². The summed E-state index contributed by atoms with van der Waals surface area (Å²) < 4.78 is 0. The molecule has 0 fully saturated rings.